The molecule has 0 atom stereocenters. The van der Waals surface area contributed by atoms with E-state index in [1.165, 1.54) is 19.0 Å². The molecule has 15 nitrogen and oxygen atoms in total. The van der Waals surface area contributed by atoms with Crippen LogP contribution in [0.3, 0.4) is 0 Å². The molecule has 14 aromatic rings. The van der Waals surface area contributed by atoms with Crippen molar-refractivity contribution in [3.63, 3.8) is 0 Å². The van der Waals surface area contributed by atoms with Crippen LogP contribution in [0.2, 0.25) is 0 Å². The van der Waals surface area contributed by atoms with E-state index in [4.69, 9.17) is 0 Å². The van der Waals surface area contributed by atoms with Gasteiger partial charge in [0.2, 0.25) is 0 Å². The molecule has 0 N–H and O–H groups in total. The van der Waals surface area contributed by atoms with Gasteiger partial charge in [0.15, 0.2) is 29.1 Å². The van der Waals surface area contributed by atoms with E-state index >= 15 is 0 Å². The minimum atomic E-state index is 0.715. The lowest BCUT2D eigenvalue weighted by molar-refractivity contribution is 0.974. The van der Waals surface area contributed by atoms with E-state index in [0.717, 1.165) is 96.1 Å². The molecule has 0 aliphatic rings. The van der Waals surface area contributed by atoms with E-state index in [9.17, 15) is 0 Å². The third-order valence-electron chi connectivity index (χ3n) is 12.9. The molecule has 0 bridgehead atoms. The van der Waals surface area contributed by atoms with Crippen molar-refractivity contribution in [3.05, 3.63) is 321 Å². The monoisotopic (exact) mass is 1190 g/mol. The van der Waals surface area contributed by atoms with E-state index in [1.807, 2.05) is 254 Å². The Balaban J connectivity index is 0.000000145. The fourth-order valence-corrected chi connectivity index (χ4v) is 8.65. The zero-order valence-corrected chi connectivity index (χ0v) is 51.9. The smallest absolute Gasteiger partial charge is 0.163 e. The average molecular weight is 1190 g/mol. The fraction of sp³-hybridized carbons (Fsp3) is 0.0921. The first kappa shape index (κ1) is 65.0. The Kier molecular flexibility index (Phi) is 25.4. The second-order valence-electron chi connectivity index (χ2n) is 19.5. The summed E-state index contributed by atoms with van der Waals surface area (Å²) < 4.78 is 0. The minimum absolute atomic E-state index is 0.715. The second-order valence-corrected chi connectivity index (χ2v) is 19.5. The first-order valence-electron chi connectivity index (χ1n) is 29.6. The Hall–Kier alpha value is -12.0. The van der Waals surface area contributed by atoms with Crippen molar-refractivity contribution >= 4 is 0 Å². The molecular formula is C76H69N15. The van der Waals surface area contributed by atoms with Gasteiger partial charge in [0.25, 0.3) is 0 Å². The highest BCUT2D eigenvalue weighted by Gasteiger charge is 2.12. The standard InChI is InChI=1S/2C17H14N2.2C16H13N3.C4H5N3.C4H4N2.C2H6/c1-13-16(14-8-4-2-5-9-14)18-12-19-17(13)15-10-6-3-7-11-15;1-13-12-16(14-8-4-2-5-9-14)19-17(18-13)15-10-6-3-7-11-15;2*1-12-17-15(13-8-4-2-5-9-13)19-16(18-12)14-10-6-3-7-11-14;1-4-6-2-5-3-7-4;1-2-5-4-6-3-1;1-2/h2*2-12H,1H3;2*2-11H,1H3;2-3H,1H3;1-4H;1-2H3. The molecule has 0 saturated carbocycles. The number of aryl methyl sites for hydroxylation is 4. The number of hydrogen-bond donors (Lipinski definition) is 0. The highest BCUT2D eigenvalue weighted by molar-refractivity contribution is 5.73. The third-order valence-corrected chi connectivity index (χ3v) is 12.9. The SMILES string of the molecule is CC.Cc1c(-c2ccccc2)ncnc1-c1ccccc1.Cc1cc(-c2ccccc2)nc(-c2ccccc2)n1.Cc1nc(-c2ccccc2)nc(-c2ccccc2)n1.Cc1nc(-c2ccccc2)nc(-c2ccccc2)n1.Cc1ncncn1.c1cncnc1. The molecule has 8 aromatic carbocycles. The number of nitrogens with zero attached hydrogens (tertiary/aromatic N) is 15. The molecular weight excluding hydrogens is 1120 g/mol. The van der Waals surface area contributed by atoms with Gasteiger partial charge in [-0.15, -0.1) is 0 Å². The van der Waals surface area contributed by atoms with Crippen molar-refractivity contribution in [3.8, 4) is 90.7 Å². The molecule has 0 radical (unpaired) electrons. The summed E-state index contributed by atoms with van der Waals surface area (Å²) in [6.45, 7) is 13.7. The van der Waals surface area contributed by atoms with Crippen LogP contribution in [-0.2, 0) is 0 Å². The van der Waals surface area contributed by atoms with E-state index < -0.39 is 0 Å². The van der Waals surface area contributed by atoms with Crippen LogP contribution in [0.4, 0.5) is 0 Å². The van der Waals surface area contributed by atoms with E-state index in [2.05, 4.69) is 118 Å². The van der Waals surface area contributed by atoms with Crippen LogP contribution in [0, 0.1) is 34.6 Å². The highest BCUT2D eigenvalue weighted by Crippen LogP contribution is 2.29. The predicted octanol–water partition coefficient (Wildman–Crippen LogP) is 16.9. The second kappa shape index (κ2) is 35.6. The summed E-state index contributed by atoms with van der Waals surface area (Å²) in [7, 11) is 0. The molecule has 0 aliphatic carbocycles. The van der Waals surface area contributed by atoms with Gasteiger partial charge in [0.1, 0.15) is 42.8 Å². The van der Waals surface area contributed by atoms with Crippen LogP contribution in [0.5, 0.6) is 0 Å². The molecule has 6 aromatic heterocycles. The molecule has 0 unspecified atom stereocenters. The van der Waals surface area contributed by atoms with Crippen LogP contribution in [0.15, 0.2) is 292 Å². The largest absolute Gasteiger partial charge is 0.245 e. The van der Waals surface area contributed by atoms with Gasteiger partial charge in [0.05, 0.1) is 17.1 Å². The zero-order chi connectivity index (χ0) is 63.7. The highest BCUT2D eigenvalue weighted by atomic mass is 15.0. The third kappa shape index (κ3) is 20.6. The number of benzene rings is 8. The molecule has 0 amide bonds. The summed E-state index contributed by atoms with van der Waals surface area (Å²) in [5.74, 6) is 5.85. The van der Waals surface area contributed by atoms with Gasteiger partial charge < -0.3 is 0 Å². The van der Waals surface area contributed by atoms with E-state index in [1.54, 1.807) is 24.8 Å². The summed E-state index contributed by atoms with van der Waals surface area (Å²) >= 11 is 0. The van der Waals surface area contributed by atoms with Gasteiger partial charge >= 0.3 is 0 Å². The normalized spacial score (nSPS) is 9.92. The zero-order valence-electron chi connectivity index (χ0n) is 51.9. The number of hydrogen-bond acceptors (Lipinski definition) is 15. The lowest BCUT2D eigenvalue weighted by Gasteiger charge is -2.09. The Morgan fingerprint density at radius 1 is 0.231 bits per heavy atom. The first-order chi connectivity index (χ1) is 44.7. The van der Waals surface area contributed by atoms with Crippen molar-refractivity contribution < 1.29 is 0 Å². The lowest BCUT2D eigenvalue weighted by Crippen LogP contribution is -1.99. The van der Waals surface area contributed by atoms with Crippen molar-refractivity contribution in [1.82, 2.24) is 74.8 Å². The summed E-state index contributed by atoms with van der Waals surface area (Å²) in [6, 6.07) is 84.3. The maximum atomic E-state index is 4.66. The van der Waals surface area contributed by atoms with Crippen LogP contribution in [-0.4, -0.2) is 74.8 Å². The number of aromatic nitrogens is 15. The van der Waals surface area contributed by atoms with Gasteiger partial charge in [0, 0.05) is 68.2 Å². The van der Waals surface area contributed by atoms with E-state index in [-0.39, 0.29) is 0 Å². The molecule has 14 rings (SSSR count). The van der Waals surface area contributed by atoms with E-state index in [0.29, 0.717) is 23.3 Å². The minimum Gasteiger partial charge on any atom is -0.245 e. The van der Waals surface area contributed by atoms with Gasteiger partial charge in [-0.2, -0.15) is 0 Å². The quantitative estimate of drug-likeness (QED) is 0.139. The van der Waals surface area contributed by atoms with Crippen molar-refractivity contribution in [2.45, 2.75) is 48.5 Å². The molecule has 15 heteroatoms. The molecule has 448 valence electrons. The molecule has 0 spiro atoms. The molecule has 0 saturated heterocycles. The summed E-state index contributed by atoms with van der Waals surface area (Å²) in [5, 5.41) is 0. The van der Waals surface area contributed by atoms with Gasteiger partial charge in [-0.3, -0.25) is 0 Å². The maximum absolute atomic E-state index is 4.66. The van der Waals surface area contributed by atoms with Crippen molar-refractivity contribution in [2.24, 2.45) is 0 Å². The molecule has 91 heavy (non-hydrogen) atoms. The maximum Gasteiger partial charge on any atom is 0.163 e. The summed E-state index contributed by atoms with van der Waals surface area (Å²) in [5.41, 5.74) is 13.5. The Morgan fingerprint density at radius 3 is 0.802 bits per heavy atom. The van der Waals surface area contributed by atoms with Crippen LogP contribution < -0.4 is 0 Å². The lowest BCUT2D eigenvalue weighted by atomic mass is 10.0. The molecule has 0 fully saturated rings. The molecule has 0 aliphatic heterocycles. The Bertz CT molecular complexity index is 3770. The Morgan fingerprint density at radius 2 is 0.527 bits per heavy atom. The van der Waals surface area contributed by atoms with Gasteiger partial charge in [-0.05, 0) is 46.8 Å². The summed E-state index contributed by atoms with van der Waals surface area (Å²) in [6.07, 6.45) is 9.46. The van der Waals surface area contributed by atoms with Crippen LogP contribution in [0.1, 0.15) is 42.6 Å². The van der Waals surface area contributed by atoms with Gasteiger partial charge in [-0.1, -0.05) is 257 Å². The Labute approximate surface area is 532 Å². The first-order valence-corrected chi connectivity index (χ1v) is 29.6. The van der Waals surface area contributed by atoms with Crippen molar-refractivity contribution in [1.29, 1.82) is 0 Å². The fourth-order valence-electron chi connectivity index (χ4n) is 8.65. The van der Waals surface area contributed by atoms with Crippen LogP contribution >= 0.6 is 0 Å². The van der Waals surface area contributed by atoms with Crippen LogP contribution in [0.25, 0.3) is 90.7 Å². The topological polar surface area (TPSA) is 193 Å². The predicted molar refractivity (Wildman–Crippen MR) is 364 cm³/mol. The average Bonchev–Trinajstić information content (AvgIpc) is 2.80. The van der Waals surface area contributed by atoms with Gasteiger partial charge in [-0.25, -0.2) is 74.8 Å². The summed E-state index contributed by atoms with van der Waals surface area (Å²) in [4.78, 5) is 63.2. The van der Waals surface area contributed by atoms with Crippen molar-refractivity contribution in [2.75, 3.05) is 0 Å². The number of rotatable bonds is 8. The molecule has 6 heterocycles.